The molecule has 0 radical (unpaired) electrons. The highest BCUT2D eigenvalue weighted by molar-refractivity contribution is 6.07. The minimum Gasteiger partial charge on any atom is -0.368 e. The Hall–Kier alpha value is -3.91. The summed E-state index contributed by atoms with van der Waals surface area (Å²) in [7, 11) is 2.14. The highest BCUT2D eigenvalue weighted by Gasteiger charge is 2.27. The van der Waals surface area contributed by atoms with Gasteiger partial charge in [-0.05, 0) is 54.6 Å². The number of halogens is 1. The first-order valence-electron chi connectivity index (χ1n) is 11.4. The van der Waals surface area contributed by atoms with Crippen molar-refractivity contribution in [2.75, 3.05) is 43.4 Å². The monoisotopic (exact) mass is 456 g/mol. The second-order valence-electron chi connectivity index (χ2n) is 8.91. The zero-order chi connectivity index (χ0) is 23.2. The van der Waals surface area contributed by atoms with Crippen molar-refractivity contribution >= 4 is 34.0 Å². The maximum absolute atomic E-state index is 13.6. The van der Waals surface area contributed by atoms with Gasteiger partial charge in [-0.2, -0.15) is 0 Å². The van der Waals surface area contributed by atoms with Crippen LogP contribution in [0.1, 0.15) is 15.9 Å². The number of hydrogen-bond acceptors (Lipinski definition) is 5. The lowest BCUT2D eigenvalue weighted by Crippen LogP contribution is -2.44. The summed E-state index contributed by atoms with van der Waals surface area (Å²) < 4.78 is 13.6. The van der Waals surface area contributed by atoms with E-state index in [1.165, 1.54) is 12.1 Å². The fourth-order valence-corrected chi connectivity index (χ4v) is 4.88. The van der Waals surface area contributed by atoms with E-state index in [4.69, 9.17) is 0 Å². The molecule has 0 unspecified atom stereocenters. The summed E-state index contributed by atoms with van der Waals surface area (Å²) in [5.41, 5.74) is 6.01. The Kier molecular flexibility index (Phi) is 4.95. The molecule has 1 fully saturated rings. The number of pyridine rings is 1. The first kappa shape index (κ1) is 20.7. The lowest BCUT2D eigenvalue weighted by atomic mass is 9.95. The summed E-state index contributed by atoms with van der Waals surface area (Å²) in [6.45, 7) is 4.50. The molecule has 0 bridgehead atoms. The standard InChI is InChI=1S/C26H25FN6O/c1-32-8-10-33(11-9-32)17-3-7-24(29-13-17)31-22-6-5-18(21-15-30-26(34)25(21)22)20-14-28-23-12-16(27)2-4-19(20)23/h2-7,12-14,28H,8-11,15H2,1H3,(H,29,31)(H,30,34). The van der Waals surface area contributed by atoms with Gasteiger partial charge in [0.15, 0.2) is 0 Å². The number of H-pyrrole nitrogens is 1. The molecule has 2 aliphatic heterocycles. The Bertz CT molecular complexity index is 1390. The predicted molar refractivity (Wildman–Crippen MR) is 132 cm³/mol. The number of piperazine rings is 1. The third-order valence-electron chi connectivity index (χ3n) is 6.78. The van der Waals surface area contributed by atoms with Gasteiger partial charge in [0.1, 0.15) is 11.6 Å². The highest BCUT2D eigenvalue weighted by Crippen LogP contribution is 2.38. The number of carbonyl (C=O) groups is 1. The van der Waals surface area contributed by atoms with Crippen LogP contribution in [0.4, 0.5) is 21.6 Å². The van der Waals surface area contributed by atoms with Crippen molar-refractivity contribution in [1.82, 2.24) is 20.2 Å². The van der Waals surface area contributed by atoms with Crippen molar-refractivity contribution in [2.24, 2.45) is 0 Å². The number of likely N-dealkylation sites (N-methyl/N-ethyl adjacent to an activating group) is 1. The van der Waals surface area contributed by atoms with Crippen LogP contribution < -0.4 is 15.5 Å². The Morgan fingerprint density at radius 3 is 2.68 bits per heavy atom. The van der Waals surface area contributed by atoms with Crippen molar-refractivity contribution in [3.63, 3.8) is 0 Å². The summed E-state index contributed by atoms with van der Waals surface area (Å²) in [4.78, 5) is 25.2. The molecule has 2 aromatic heterocycles. The maximum atomic E-state index is 13.6. The molecule has 1 saturated heterocycles. The summed E-state index contributed by atoms with van der Waals surface area (Å²) in [5.74, 6) is 0.294. The van der Waals surface area contributed by atoms with Gasteiger partial charge in [0.25, 0.3) is 5.91 Å². The van der Waals surface area contributed by atoms with E-state index >= 15 is 0 Å². The number of aromatic nitrogens is 2. The van der Waals surface area contributed by atoms with E-state index in [1.54, 1.807) is 6.07 Å². The summed E-state index contributed by atoms with van der Waals surface area (Å²) >= 11 is 0. The number of nitrogens with zero attached hydrogens (tertiary/aromatic N) is 3. The molecule has 0 spiro atoms. The Morgan fingerprint density at radius 1 is 1.03 bits per heavy atom. The molecule has 6 rings (SSSR count). The number of fused-ring (bicyclic) bond motifs is 2. The van der Waals surface area contributed by atoms with Crippen LogP contribution in [0.25, 0.3) is 22.0 Å². The molecule has 3 N–H and O–H groups in total. The number of rotatable bonds is 4. The van der Waals surface area contributed by atoms with Crippen LogP contribution in [-0.2, 0) is 6.54 Å². The van der Waals surface area contributed by atoms with Gasteiger partial charge >= 0.3 is 0 Å². The zero-order valence-electron chi connectivity index (χ0n) is 18.9. The molecular formula is C26H25FN6O. The molecule has 0 atom stereocenters. The first-order valence-corrected chi connectivity index (χ1v) is 11.4. The fourth-order valence-electron chi connectivity index (χ4n) is 4.88. The normalized spacial score (nSPS) is 16.1. The molecule has 34 heavy (non-hydrogen) atoms. The van der Waals surface area contributed by atoms with Gasteiger partial charge in [0.2, 0.25) is 0 Å². The average molecular weight is 457 g/mol. The van der Waals surface area contributed by atoms with Crippen LogP contribution in [0.3, 0.4) is 0 Å². The van der Waals surface area contributed by atoms with E-state index in [0.29, 0.717) is 17.9 Å². The Labute approximate surface area is 196 Å². The SMILES string of the molecule is CN1CCN(c2ccc(Nc3ccc(-c4c[nH]c5cc(F)ccc45)c4c3C(=O)NC4)nc2)CC1. The molecule has 0 aliphatic carbocycles. The molecule has 8 heteroatoms. The molecule has 1 amide bonds. The second-order valence-corrected chi connectivity index (χ2v) is 8.91. The molecule has 172 valence electrons. The fraction of sp³-hybridized carbons (Fsp3) is 0.231. The van der Waals surface area contributed by atoms with Gasteiger partial charge < -0.3 is 25.4 Å². The van der Waals surface area contributed by atoms with Gasteiger partial charge in [-0.1, -0.05) is 6.07 Å². The number of anilines is 3. The van der Waals surface area contributed by atoms with Gasteiger partial charge in [-0.3, -0.25) is 4.79 Å². The van der Waals surface area contributed by atoms with E-state index in [0.717, 1.165) is 65.1 Å². The molecular weight excluding hydrogens is 431 g/mol. The number of aromatic amines is 1. The zero-order valence-corrected chi connectivity index (χ0v) is 18.9. The van der Waals surface area contributed by atoms with Gasteiger partial charge in [-0.15, -0.1) is 0 Å². The van der Waals surface area contributed by atoms with E-state index < -0.39 is 0 Å². The van der Waals surface area contributed by atoms with Crippen LogP contribution in [0.15, 0.2) is 54.9 Å². The smallest absolute Gasteiger partial charge is 0.254 e. The number of hydrogen-bond donors (Lipinski definition) is 3. The van der Waals surface area contributed by atoms with Gasteiger partial charge in [-0.25, -0.2) is 9.37 Å². The van der Waals surface area contributed by atoms with Gasteiger partial charge in [0.05, 0.1) is 23.1 Å². The number of carbonyl (C=O) groups excluding carboxylic acids is 1. The molecule has 7 nitrogen and oxygen atoms in total. The van der Waals surface area contributed by atoms with Crippen LogP contribution in [0.5, 0.6) is 0 Å². The Balaban J connectivity index is 1.31. The van der Waals surface area contributed by atoms with Crippen LogP contribution in [0.2, 0.25) is 0 Å². The largest absolute Gasteiger partial charge is 0.368 e. The van der Waals surface area contributed by atoms with Crippen molar-refractivity contribution in [1.29, 1.82) is 0 Å². The highest BCUT2D eigenvalue weighted by atomic mass is 19.1. The van der Waals surface area contributed by atoms with E-state index in [9.17, 15) is 9.18 Å². The average Bonchev–Trinajstić information content (AvgIpc) is 3.44. The topological polar surface area (TPSA) is 76.3 Å². The minimum atomic E-state index is -0.284. The summed E-state index contributed by atoms with van der Waals surface area (Å²) in [5, 5.41) is 7.20. The van der Waals surface area contributed by atoms with E-state index in [-0.39, 0.29) is 11.7 Å². The van der Waals surface area contributed by atoms with Crippen LogP contribution in [-0.4, -0.2) is 54.0 Å². The maximum Gasteiger partial charge on any atom is 0.254 e. The molecule has 0 saturated carbocycles. The number of nitrogens with one attached hydrogen (secondary N) is 3. The lowest BCUT2D eigenvalue weighted by Gasteiger charge is -2.33. The third kappa shape index (κ3) is 3.56. The van der Waals surface area contributed by atoms with Gasteiger partial charge in [0, 0.05) is 55.4 Å². The first-order chi connectivity index (χ1) is 16.6. The molecule has 4 heterocycles. The Morgan fingerprint density at radius 2 is 1.88 bits per heavy atom. The molecule has 2 aromatic carbocycles. The van der Waals surface area contributed by atoms with E-state index in [1.807, 2.05) is 30.6 Å². The minimum absolute atomic E-state index is 0.112. The lowest BCUT2D eigenvalue weighted by molar-refractivity contribution is 0.0966. The van der Waals surface area contributed by atoms with Crippen molar-refractivity contribution in [3.8, 4) is 11.1 Å². The number of benzene rings is 2. The third-order valence-corrected chi connectivity index (χ3v) is 6.78. The molecule has 2 aliphatic rings. The van der Waals surface area contributed by atoms with Crippen LogP contribution >= 0.6 is 0 Å². The second kappa shape index (κ2) is 8.14. The predicted octanol–water partition coefficient (Wildman–Crippen LogP) is 4.11. The summed E-state index contributed by atoms with van der Waals surface area (Å²) in [6, 6.07) is 12.6. The summed E-state index contributed by atoms with van der Waals surface area (Å²) in [6.07, 6.45) is 3.75. The quantitative estimate of drug-likeness (QED) is 0.431. The van der Waals surface area contributed by atoms with Crippen molar-refractivity contribution in [2.45, 2.75) is 6.54 Å². The van der Waals surface area contributed by atoms with Crippen LogP contribution in [0, 0.1) is 5.82 Å². The van der Waals surface area contributed by atoms with Crippen molar-refractivity contribution in [3.05, 3.63) is 71.8 Å². The number of amides is 1. The molecule has 4 aromatic rings. The van der Waals surface area contributed by atoms with E-state index in [2.05, 4.69) is 43.5 Å². The van der Waals surface area contributed by atoms with Crippen molar-refractivity contribution < 1.29 is 9.18 Å².